The molecule has 0 radical (unpaired) electrons. The summed E-state index contributed by atoms with van der Waals surface area (Å²) in [7, 11) is 1.66. The molecule has 6 heteroatoms. The van der Waals surface area contributed by atoms with Gasteiger partial charge >= 0.3 is 0 Å². The van der Waals surface area contributed by atoms with Crippen LogP contribution in [0.15, 0.2) is 16.1 Å². The first-order valence-corrected chi connectivity index (χ1v) is 5.47. The van der Waals surface area contributed by atoms with Gasteiger partial charge in [0.2, 0.25) is 0 Å². The van der Waals surface area contributed by atoms with Crippen LogP contribution < -0.4 is 5.56 Å². The first kappa shape index (κ1) is 11.6. The van der Waals surface area contributed by atoms with Gasteiger partial charge in [-0.05, 0) is 6.42 Å². The third kappa shape index (κ3) is 3.32. The molecule has 78 valence electrons. The highest BCUT2D eigenvalue weighted by Gasteiger charge is 2.05. The fourth-order valence-electron chi connectivity index (χ4n) is 0.839. The predicted octanol–water partition coefficient (Wildman–Crippen LogP) is 1.55. The molecule has 0 amide bonds. The second kappa shape index (κ2) is 6.06. The van der Waals surface area contributed by atoms with Crippen LogP contribution in [-0.2, 0) is 4.74 Å². The van der Waals surface area contributed by atoms with E-state index in [2.05, 4.69) is 9.97 Å². The molecular weight excluding hydrogens is 224 g/mol. The van der Waals surface area contributed by atoms with E-state index in [1.807, 2.05) is 0 Å². The highest BCUT2D eigenvalue weighted by molar-refractivity contribution is 7.99. The minimum atomic E-state index is -0.295. The molecule has 1 aromatic heterocycles. The minimum Gasteiger partial charge on any atom is -0.385 e. The Morgan fingerprint density at radius 1 is 1.71 bits per heavy atom. The van der Waals surface area contributed by atoms with E-state index in [4.69, 9.17) is 16.3 Å². The van der Waals surface area contributed by atoms with Crippen molar-refractivity contribution in [1.82, 2.24) is 9.97 Å². The second-order valence-electron chi connectivity index (χ2n) is 2.55. The van der Waals surface area contributed by atoms with Crippen LogP contribution in [0, 0.1) is 0 Å². The molecular formula is C8H11ClN2O2S. The Morgan fingerprint density at radius 2 is 2.50 bits per heavy atom. The number of thioether (sulfide) groups is 1. The van der Waals surface area contributed by atoms with Crippen LogP contribution in [0.25, 0.3) is 0 Å². The number of nitrogens with one attached hydrogen (secondary N) is 1. The second-order valence-corrected chi connectivity index (χ2v) is 4.01. The molecule has 0 saturated heterocycles. The quantitative estimate of drug-likeness (QED) is 0.477. The lowest BCUT2D eigenvalue weighted by molar-refractivity contribution is 0.200. The zero-order valence-corrected chi connectivity index (χ0v) is 9.32. The summed E-state index contributed by atoms with van der Waals surface area (Å²) in [6, 6.07) is 0. The normalized spacial score (nSPS) is 10.4. The number of hydrogen-bond acceptors (Lipinski definition) is 4. The van der Waals surface area contributed by atoms with Crippen molar-refractivity contribution in [3.05, 3.63) is 21.7 Å². The molecule has 0 aliphatic carbocycles. The molecule has 1 heterocycles. The molecule has 0 spiro atoms. The smallest absolute Gasteiger partial charge is 0.270 e. The van der Waals surface area contributed by atoms with Crippen molar-refractivity contribution < 1.29 is 4.74 Å². The van der Waals surface area contributed by atoms with Gasteiger partial charge in [0.25, 0.3) is 5.56 Å². The molecule has 0 aliphatic heterocycles. The van der Waals surface area contributed by atoms with Crippen molar-refractivity contribution in [2.75, 3.05) is 19.5 Å². The summed E-state index contributed by atoms with van der Waals surface area (Å²) >= 11 is 7.21. The molecule has 0 saturated carbocycles. The first-order chi connectivity index (χ1) is 6.75. The number of ether oxygens (including phenoxy) is 1. The lowest BCUT2D eigenvalue weighted by Gasteiger charge is -2.01. The monoisotopic (exact) mass is 234 g/mol. The largest absolute Gasteiger partial charge is 0.385 e. The van der Waals surface area contributed by atoms with Gasteiger partial charge in [-0.25, -0.2) is 4.98 Å². The van der Waals surface area contributed by atoms with Gasteiger partial charge < -0.3 is 9.72 Å². The van der Waals surface area contributed by atoms with Crippen molar-refractivity contribution in [3.8, 4) is 0 Å². The topological polar surface area (TPSA) is 55.0 Å². The van der Waals surface area contributed by atoms with Crippen molar-refractivity contribution in [3.63, 3.8) is 0 Å². The third-order valence-electron chi connectivity index (χ3n) is 1.50. The third-order valence-corrected chi connectivity index (χ3v) is 3.03. The van der Waals surface area contributed by atoms with Crippen molar-refractivity contribution in [1.29, 1.82) is 0 Å². The summed E-state index contributed by atoms with van der Waals surface area (Å²) in [5.41, 5.74) is -0.295. The molecule has 1 rings (SSSR count). The van der Waals surface area contributed by atoms with Gasteiger partial charge in [0.15, 0.2) is 0 Å². The number of rotatable bonds is 5. The summed E-state index contributed by atoms with van der Waals surface area (Å²) < 4.78 is 4.90. The first-order valence-electron chi connectivity index (χ1n) is 4.10. The lowest BCUT2D eigenvalue weighted by atomic mass is 10.5. The summed E-state index contributed by atoms with van der Waals surface area (Å²) in [6.07, 6.45) is 2.26. The summed E-state index contributed by atoms with van der Waals surface area (Å²) in [5, 5.41) is 0.737. The van der Waals surface area contributed by atoms with Gasteiger partial charge in [-0.15, -0.1) is 11.8 Å². The van der Waals surface area contributed by atoms with E-state index >= 15 is 0 Å². The number of hydrogen-bond donors (Lipinski definition) is 1. The fraction of sp³-hybridized carbons (Fsp3) is 0.500. The molecule has 0 bridgehead atoms. The Balaban J connectivity index is 2.51. The maximum Gasteiger partial charge on any atom is 0.270 e. The lowest BCUT2D eigenvalue weighted by Crippen LogP contribution is -2.07. The predicted molar refractivity (Wildman–Crippen MR) is 57.1 cm³/mol. The molecule has 4 nitrogen and oxygen atoms in total. The Hall–Kier alpha value is -0.520. The highest BCUT2D eigenvalue weighted by atomic mass is 35.5. The molecule has 0 fully saturated rings. The van der Waals surface area contributed by atoms with Gasteiger partial charge in [0.05, 0.1) is 6.33 Å². The minimum absolute atomic E-state index is 0.162. The summed E-state index contributed by atoms with van der Waals surface area (Å²) in [6.45, 7) is 0.702. The summed E-state index contributed by atoms with van der Waals surface area (Å²) in [5.74, 6) is 0.837. The molecule has 1 aromatic rings. The van der Waals surface area contributed by atoms with E-state index in [1.165, 1.54) is 18.1 Å². The zero-order valence-electron chi connectivity index (χ0n) is 7.75. The fourth-order valence-corrected chi connectivity index (χ4v) is 1.91. The SMILES string of the molecule is COCCCSc1nc[nH]c(=O)c1Cl. The standard InChI is InChI=1S/C8H11ClN2O2S/c1-13-3-2-4-14-8-6(9)7(12)10-5-11-8/h5H,2-4H2,1H3,(H,10,11,12). The maximum atomic E-state index is 11.1. The average molecular weight is 235 g/mol. The van der Waals surface area contributed by atoms with E-state index in [0.29, 0.717) is 11.6 Å². The van der Waals surface area contributed by atoms with Crippen LogP contribution in [0.2, 0.25) is 5.02 Å². The van der Waals surface area contributed by atoms with Gasteiger partial charge in [-0.1, -0.05) is 11.6 Å². The highest BCUT2D eigenvalue weighted by Crippen LogP contribution is 2.21. The van der Waals surface area contributed by atoms with Crippen molar-refractivity contribution in [2.24, 2.45) is 0 Å². The maximum absolute atomic E-state index is 11.1. The molecule has 1 N–H and O–H groups in total. The van der Waals surface area contributed by atoms with E-state index in [9.17, 15) is 4.79 Å². The van der Waals surface area contributed by atoms with E-state index in [0.717, 1.165) is 12.2 Å². The van der Waals surface area contributed by atoms with Crippen LogP contribution in [0.5, 0.6) is 0 Å². The van der Waals surface area contributed by atoms with Crippen molar-refractivity contribution in [2.45, 2.75) is 11.4 Å². The number of aromatic amines is 1. The number of halogens is 1. The van der Waals surface area contributed by atoms with Crippen molar-refractivity contribution >= 4 is 23.4 Å². The molecule has 0 aromatic carbocycles. The van der Waals surface area contributed by atoms with Crippen LogP contribution in [0.4, 0.5) is 0 Å². The molecule has 0 aliphatic rings. The number of H-pyrrole nitrogens is 1. The Morgan fingerprint density at radius 3 is 3.21 bits per heavy atom. The van der Waals surface area contributed by atoms with Crippen LogP contribution >= 0.6 is 23.4 Å². The Bertz CT molecular complexity index is 342. The average Bonchev–Trinajstić information content (AvgIpc) is 2.19. The molecule has 0 unspecified atom stereocenters. The van der Waals surface area contributed by atoms with Gasteiger partial charge in [0.1, 0.15) is 10.0 Å². The van der Waals surface area contributed by atoms with Gasteiger partial charge in [-0.2, -0.15) is 0 Å². The molecule has 0 atom stereocenters. The Labute approximate surface area is 91.0 Å². The number of methoxy groups -OCH3 is 1. The van der Waals surface area contributed by atoms with E-state index < -0.39 is 0 Å². The molecule has 14 heavy (non-hydrogen) atoms. The van der Waals surface area contributed by atoms with Gasteiger partial charge in [0, 0.05) is 19.5 Å². The Kier molecular flexibility index (Phi) is 5.00. The van der Waals surface area contributed by atoms with E-state index in [1.54, 1.807) is 7.11 Å². The number of nitrogens with zero attached hydrogens (tertiary/aromatic N) is 1. The summed E-state index contributed by atoms with van der Waals surface area (Å²) in [4.78, 5) is 17.4. The zero-order chi connectivity index (χ0) is 10.4. The van der Waals surface area contributed by atoms with Gasteiger partial charge in [-0.3, -0.25) is 4.79 Å². The van der Waals surface area contributed by atoms with E-state index in [-0.39, 0.29) is 10.6 Å². The van der Waals surface area contributed by atoms with Crippen LogP contribution in [0.1, 0.15) is 6.42 Å². The van der Waals surface area contributed by atoms with Crippen LogP contribution in [-0.4, -0.2) is 29.4 Å². The van der Waals surface area contributed by atoms with Crippen LogP contribution in [0.3, 0.4) is 0 Å². The number of aromatic nitrogens is 2.